The van der Waals surface area contributed by atoms with Crippen LogP contribution in [0.5, 0.6) is 0 Å². The SMILES string of the molecule is CC(O)c1cn(CCc2ccccc2[N+](=O)[O-])nn1. The molecule has 0 radical (unpaired) electrons. The number of nitro benzene ring substituents is 1. The minimum atomic E-state index is -0.667. The van der Waals surface area contributed by atoms with E-state index in [1.54, 1.807) is 36.0 Å². The maximum absolute atomic E-state index is 10.9. The normalized spacial score (nSPS) is 12.3. The number of aliphatic hydroxyl groups excluding tert-OH is 1. The summed E-state index contributed by atoms with van der Waals surface area (Å²) in [5, 5.41) is 27.9. The zero-order valence-corrected chi connectivity index (χ0v) is 10.4. The van der Waals surface area contributed by atoms with Gasteiger partial charge in [-0.1, -0.05) is 23.4 Å². The predicted octanol–water partition coefficient (Wildman–Crippen LogP) is 1.48. The van der Waals surface area contributed by atoms with Gasteiger partial charge in [0, 0.05) is 18.2 Å². The van der Waals surface area contributed by atoms with Crippen molar-refractivity contribution < 1.29 is 10.0 Å². The third kappa shape index (κ3) is 3.14. The van der Waals surface area contributed by atoms with Crippen molar-refractivity contribution in [2.24, 2.45) is 0 Å². The lowest BCUT2D eigenvalue weighted by Gasteiger charge is -2.02. The van der Waals surface area contributed by atoms with Crippen LogP contribution in [-0.4, -0.2) is 25.0 Å². The molecule has 0 bridgehead atoms. The fourth-order valence-electron chi connectivity index (χ4n) is 1.75. The van der Waals surface area contributed by atoms with E-state index in [2.05, 4.69) is 10.3 Å². The molecule has 0 fully saturated rings. The van der Waals surface area contributed by atoms with Crippen molar-refractivity contribution in [3.63, 3.8) is 0 Å². The van der Waals surface area contributed by atoms with Crippen LogP contribution in [0, 0.1) is 10.1 Å². The van der Waals surface area contributed by atoms with Gasteiger partial charge in [0.2, 0.25) is 0 Å². The van der Waals surface area contributed by atoms with E-state index in [0.717, 1.165) is 0 Å². The van der Waals surface area contributed by atoms with Gasteiger partial charge in [0.05, 0.1) is 17.2 Å². The molecular weight excluding hydrogens is 248 g/mol. The number of aliphatic hydroxyl groups is 1. The number of para-hydroxylation sites is 1. The van der Waals surface area contributed by atoms with Crippen LogP contribution < -0.4 is 0 Å². The first-order chi connectivity index (χ1) is 9.08. The van der Waals surface area contributed by atoms with E-state index in [0.29, 0.717) is 24.2 Å². The number of aryl methyl sites for hydroxylation is 2. The van der Waals surface area contributed by atoms with Crippen molar-refractivity contribution in [1.29, 1.82) is 0 Å². The highest BCUT2D eigenvalue weighted by Gasteiger charge is 2.12. The van der Waals surface area contributed by atoms with Gasteiger partial charge < -0.3 is 5.11 Å². The second-order valence-corrected chi connectivity index (χ2v) is 4.22. The second kappa shape index (κ2) is 5.57. The first-order valence-corrected chi connectivity index (χ1v) is 5.88. The Labute approximate surface area is 109 Å². The number of rotatable bonds is 5. The Morgan fingerprint density at radius 3 is 2.84 bits per heavy atom. The van der Waals surface area contributed by atoms with Crippen molar-refractivity contribution in [2.45, 2.75) is 26.0 Å². The molecule has 0 saturated carbocycles. The van der Waals surface area contributed by atoms with E-state index in [9.17, 15) is 15.2 Å². The van der Waals surface area contributed by atoms with Crippen LogP contribution in [-0.2, 0) is 13.0 Å². The number of aromatic nitrogens is 3. The summed E-state index contributed by atoms with van der Waals surface area (Å²) in [5.41, 5.74) is 1.25. The van der Waals surface area contributed by atoms with Crippen LogP contribution in [0.3, 0.4) is 0 Å². The molecule has 1 aromatic heterocycles. The molecule has 1 atom stereocenters. The largest absolute Gasteiger partial charge is 0.387 e. The van der Waals surface area contributed by atoms with E-state index < -0.39 is 11.0 Å². The van der Waals surface area contributed by atoms with E-state index in [4.69, 9.17) is 0 Å². The van der Waals surface area contributed by atoms with Gasteiger partial charge in [-0.05, 0) is 13.3 Å². The number of hydrogen-bond acceptors (Lipinski definition) is 5. The molecule has 0 aliphatic rings. The van der Waals surface area contributed by atoms with E-state index in [1.165, 1.54) is 6.07 Å². The summed E-state index contributed by atoms with van der Waals surface area (Å²) in [4.78, 5) is 10.5. The molecule has 0 aliphatic carbocycles. The molecular formula is C12H14N4O3. The molecule has 1 heterocycles. The van der Waals surface area contributed by atoms with Crippen LogP contribution in [0.15, 0.2) is 30.5 Å². The maximum Gasteiger partial charge on any atom is 0.272 e. The van der Waals surface area contributed by atoms with Gasteiger partial charge in [-0.3, -0.25) is 14.8 Å². The summed E-state index contributed by atoms with van der Waals surface area (Å²) in [6.45, 7) is 2.08. The Bertz CT molecular complexity index is 580. The van der Waals surface area contributed by atoms with Crippen molar-refractivity contribution in [1.82, 2.24) is 15.0 Å². The fourth-order valence-corrected chi connectivity index (χ4v) is 1.75. The van der Waals surface area contributed by atoms with Crippen LogP contribution in [0.1, 0.15) is 24.3 Å². The highest BCUT2D eigenvalue weighted by Crippen LogP contribution is 2.18. The first kappa shape index (κ1) is 13.2. The Kier molecular flexibility index (Phi) is 3.86. The van der Waals surface area contributed by atoms with Crippen LogP contribution in [0.25, 0.3) is 0 Å². The summed E-state index contributed by atoms with van der Waals surface area (Å²) < 4.78 is 1.57. The molecule has 1 aromatic carbocycles. The van der Waals surface area contributed by atoms with Gasteiger partial charge in [0.1, 0.15) is 5.69 Å². The van der Waals surface area contributed by atoms with Crippen LogP contribution in [0.4, 0.5) is 5.69 Å². The summed E-state index contributed by atoms with van der Waals surface area (Å²) in [7, 11) is 0. The van der Waals surface area contributed by atoms with E-state index >= 15 is 0 Å². The summed E-state index contributed by atoms with van der Waals surface area (Å²) in [6, 6.07) is 6.62. The quantitative estimate of drug-likeness (QED) is 0.650. The summed E-state index contributed by atoms with van der Waals surface area (Å²) in [5.74, 6) is 0. The topological polar surface area (TPSA) is 94.1 Å². The molecule has 0 spiro atoms. The molecule has 7 nitrogen and oxygen atoms in total. The van der Waals surface area contributed by atoms with Crippen molar-refractivity contribution in [2.75, 3.05) is 0 Å². The van der Waals surface area contributed by atoms with E-state index in [1.807, 2.05) is 0 Å². The third-order valence-corrected chi connectivity index (χ3v) is 2.78. The van der Waals surface area contributed by atoms with Crippen LogP contribution in [0.2, 0.25) is 0 Å². The molecule has 1 N–H and O–H groups in total. The molecule has 2 rings (SSSR count). The van der Waals surface area contributed by atoms with Crippen molar-refractivity contribution in [3.8, 4) is 0 Å². The summed E-state index contributed by atoms with van der Waals surface area (Å²) in [6.07, 6.45) is 1.46. The molecule has 19 heavy (non-hydrogen) atoms. The Morgan fingerprint density at radius 2 is 2.21 bits per heavy atom. The predicted molar refractivity (Wildman–Crippen MR) is 67.5 cm³/mol. The zero-order chi connectivity index (χ0) is 13.8. The lowest BCUT2D eigenvalue weighted by Crippen LogP contribution is -2.04. The Balaban J connectivity index is 2.08. The molecule has 2 aromatic rings. The van der Waals surface area contributed by atoms with Crippen molar-refractivity contribution in [3.05, 3.63) is 51.8 Å². The van der Waals surface area contributed by atoms with Crippen LogP contribution >= 0.6 is 0 Å². The number of benzene rings is 1. The molecule has 100 valence electrons. The van der Waals surface area contributed by atoms with Crippen molar-refractivity contribution >= 4 is 5.69 Å². The average Bonchev–Trinajstić information content (AvgIpc) is 2.85. The first-order valence-electron chi connectivity index (χ1n) is 5.88. The van der Waals surface area contributed by atoms with Gasteiger partial charge in [0.25, 0.3) is 5.69 Å². The third-order valence-electron chi connectivity index (χ3n) is 2.78. The number of nitro groups is 1. The zero-order valence-electron chi connectivity index (χ0n) is 10.4. The monoisotopic (exact) mass is 262 g/mol. The molecule has 0 amide bonds. The van der Waals surface area contributed by atoms with Gasteiger partial charge in [-0.25, -0.2) is 0 Å². The number of nitrogens with zero attached hydrogens (tertiary/aromatic N) is 4. The second-order valence-electron chi connectivity index (χ2n) is 4.22. The lowest BCUT2D eigenvalue weighted by molar-refractivity contribution is -0.385. The number of hydrogen-bond donors (Lipinski definition) is 1. The molecule has 7 heteroatoms. The van der Waals surface area contributed by atoms with E-state index in [-0.39, 0.29) is 5.69 Å². The van der Waals surface area contributed by atoms with Gasteiger partial charge in [-0.2, -0.15) is 0 Å². The smallest absolute Gasteiger partial charge is 0.272 e. The van der Waals surface area contributed by atoms with Gasteiger partial charge >= 0.3 is 0 Å². The highest BCUT2D eigenvalue weighted by atomic mass is 16.6. The molecule has 0 saturated heterocycles. The van der Waals surface area contributed by atoms with Gasteiger partial charge in [-0.15, -0.1) is 5.10 Å². The Hall–Kier alpha value is -2.28. The maximum atomic E-state index is 10.9. The fraction of sp³-hybridized carbons (Fsp3) is 0.333. The minimum absolute atomic E-state index is 0.110. The Morgan fingerprint density at radius 1 is 1.47 bits per heavy atom. The minimum Gasteiger partial charge on any atom is -0.387 e. The van der Waals surface area contributed by atoms with Gasteiger partial charge in [0.15, 0.2) is 0 Å². The molecule has 1 unspecified atom stereocenters. The highest BCUT2D eigenvalue weighted by molar-refractivity contribution is 5.39. The molecule has 0 aliphatic heterocycles. The lowest BCUT2D eigenvalue weighted by atomic mass is 10.1. The standard InChI is InChI=1S/C12H14N4O3/c1-9(17)11-8-15(14-13-11)7-6-10-4-2-3-5-12(10)16(18)19/h2-5,8-9,17H,6-7H2,1H3. The average molecular weight is 262 g/mol. The summed E-state index contributed by atoms with van der Waals surface area (Å²) >= 11 is 0.